The molecule has 7 nitrogen and oxygen atoms in total. The number of hydrogen-bond donors (Lipinski definition) is 1. The zero-order chi connectivity index (χ0) is 22.8. The number of allylic oxidation sites excluding steroid dienone is 1. The van der Waals surface area contributed by atoms with Crippen LogP contribution in [-0.2, 0) is 10.2 Å². The standard InChI is InChI=1S/C21H20N2O5.C3H6/c1-20(2)16-5-3-4-6-17(16)22(12-10-19(24)25)21(20)11-9-14-13-15(23(26)27)7-8-18(14)28-21;1-3-2/h3-9,11,13H,10,12H2,1-2H3,(H,24,25);3H,1H2,2H3. The van der Waals surface area contributed by atoms with Crippen molar-refractivity contribution in [3.8, 4) is 5.75 Å². The molecule has 0 bridgehead atoms. The molecule has 2 aromatic rings. The van der Waals surface area contributed by atoms with E-state index in [0.29, 0.717) is 11.3 Å². The Hall–Kier alpha value is -3.61. The van der Waals surface area contributed by atoms with Crippen molar-refractivity contribution in [2.75, 3.05) is 11.4 Å². The van der Waals surface area contributed by atoms with Crippen molar-refractivity contribution >= 4 is 23.4 Å². The van der Waals surface area contributed by atoms with E-state index in [1.165, 1.54) is 12.1 Å². The van der Waals surface area contributed by atoms with Crippen molar-refractivity contribution in [3.05, 3.63) is 82.4 Å². The number of nitro groups is 1. The first kappa shape index (κ1) is 22.1. The molecule has 0 saturated carbocycles. The highest BCUT2D eigenvalue weighted by Gasteiger charge is 2.58. The van der Waals surface area contributed by atoms with Gasteiger partial charge in [-0.15, -0.1) is 6.58 Å². The third-order valence-electron chi connectivity index (χ3n) is 5.67. The Balaban J connectivity index is 0.000000858. The molecule has 2 heterocycles. The number of aliphatic carboxylic acids is 1. The van der Waals surface area contributed by atoms with Gasteiger partial charge in [0.15, 0.2) is 0 Å². The van der Waals surface area contributed by atoms with Crippen molar-refractivity contribution in [2.45, 2.75) is 38.3 Å². The van der Waals surface area contributed by atoms with Gasteiger partial charge >= 0.3 is 5.97 Å². The summed E-state index contributed by atoms with van der Waals surface area (Å²) in [5.74, 6) is -0.345. The second-order valence-corrected chi connectivity index (χ2v) is 7.96. The van der Waals surface area contributed by atoms with Crippen LogP contribution in [0.4, 0.5) is 11.4 Å². The SMILES string of the molecule is C=CC.CC1(C)c2ccccc2N(CCC(=O)O)C12C=Cc1cc([N+](=O)[O-])ccc1O2. The van der Waals surface area contributed by atoms with Crippen molar-refractivity contribution in [1.29, 1.82) is 0 Å². The first-order valence-corrected chi connectivity index (χ1v) is 10.0. The van der Waals surface area contributed by atoms with Crippen LogP contribution in [0.2, 0.25) is 0 Å². The molecular formula is C24H26N2O5. The number of non-ortho nitro benzene ring substituents is 1. The maximum atomic E-state index is 11.3. The fraction of sp³-hybridized carbons (Fsp3) is 0.292. The van der Waals surface area contributed by atoms with E-state index in [-0.39, 0.29) is 18.7 Å². The second kappa shape index (κ2) is 8.26. The Labute approximate surface area is 181 Å². The molecular weight excluding hydrogens is 396 g/mol. The van der Waals surface area contributed by atoms with E-state index in [9.17, 15) is 20.0 Å². The highest BCUT2D eigenvalue weighted by atomic mass is 16.6. The van der Waals surface area contributed by atoms with E-state index in [1.807, 2.05) is 48.2 Å². The summed E-state index contributed by atoms with van der Waals surface area (Å²) in [5.41, 5.74) is 1.23. The number of nitro benzene ring substituents is 1. The number of ether oxygens (including phenoxy) is 1. The molecule has 0 saturated heterocycles. The van der Waals surface area contributed by atoms with Crippen LogP contribution < -0.4 is 9.64 Å². The number of para-hydroxylation sites is 1. The van der Waals surface area contributed by atoms with Crippen molar-refractivity contribution in [1.82, 2.24) is 0 Å². The number of hydrogen-bond acceptors (Lipinski definition) is 5. The monoisotopic (exact) mass is 422 g/mol. The predicted molar refractivity (Wildman–Crippen MR) is 120 cm³/mol. The lowest BCUT2D eigenvalue weighted by Crippen LogP contribution is -2.59. The van der Waals surface area contributed by atoms with Gasteiger partial charge in [-0.3, -0.25) is 14.9 Å². The second-order valence-electron chi connectivity index (χ2n) is 7.96. The highest BCUT2D eigenvalue weighted by molar-refractivity contribution is 5.74. The molecule has 2 aromatic carbocycles. The molecule has 1 spiro atoms. The number of benzene rings is 2. The minimum Gasteiger partial charge on any atom is -0.481 e. The van der Waals surface area contributed by atoms with Gasteiger partial charge in [0.25, 0.3) is 5.69 Å². The zero-order valence-corrected chi connectivity index (χ0v) is 17.9. The number of carboxylic acids is 1. The first-order valence-electron chi connectivity index (χ1n) is 10.0. The topological polar surface area (TPSA) is 92.9 Å². The number of nitrogens with zero attached hydrogens (tertiary/aromatic N) is 2. The maximum Gasteiger partial charge on any atom is 0.305 e. The van der Waals surface area contributed by atoms with E-state index in [4.69, 9.17) is 4.74 Å². The summed E-state index contributed by atoms with van der Waals surface area (Å²) in [7, 11) is 0. The van der Waals surface area contributed by atoms with Gasteiger partial charge in [0.05, 0.1) is 16.8 Å². The summed E-state index contributed by atoms with van der Waals surface area (Å²) in [5, 5.41) is 20.3. The molecule has 0 aromatic heterocycles. The number of carboxylic acid groups (broad SMARTS) is 1. The molecule has 0 amide bonds. The molecule has 2 aliphatic heterocycles. The molecule has 7 heteroatoms. The van der Waals surface area contributed by atoms with E-state index in [1.54, 1.807) is 12.1 Å². The zero-order valence-electron chi connectivity index (χ0n) is 17.9. The van der Waals surface area contributed by atoms with Crippen molar-refractivity contribution in [3.63, 3.8) is 0 Å². The smallest absolute Gasteiger partial charge is 0.305 e. The summed E-state index contributed by atoms with van der Waals surface area (Å²) in [4.78, 5) is 23.9. The number of carbonyl (C=O) groups is 1. The first-order chi connectivity index (χ1) is 14.7. The normalized spacial score (nSPS) is 19.5. The lowest BCUT2D eigenvalue weighted by molar-refractivity contribution is -0.384. The molecule has 1 N–H and O–H groups in total. The summed E-state index contributed by atoms with van der Waals surface area (Å²) < 4.78 is 6.48. The lowest BCUT2D eigenvalue weighted by Gasteiger charge is -2.47. The molecule has 1 unspecified atom stereocenters. The van der Waals surface area contributed by atoms with Gasteiger partial charge in [-0.2, -0.15) is 0 Å². The lowest BCUT2D eigenvalue weighted by atomic mass is 9.76. The largest absolute Gasteiger partial charge is 0.481 e. The average molecular weight is 422 g/mol. The van der Waals surface area contributed by atoms with Crippen LogP contribution in [0, 0.1) is 10.1 Å². The summed E-state index contributed by atoms with van der Waals surface area (Å²) in [6.45, 7) is 9.66. The summed E-state index contributed by atoms with van der Waals surface area (Å²) >= 11 is 0. The molecule has 0 radical (unpaired) electrons. The molecule has 162 valence electrons. The average Bonchev–Trinajstić information content (AvgIpc) is 2.90. The van der Waals surface area contributed by atoms with Crippen LogP contribution in [0.5, 0.6) is 5.75 Å². The van der Waals surface area contributed by atoms with E-state index < -0.39 is 22.0 Å². The molecule has 31 heavy (non-hydrogen) atoms. The van der Waals surface area contributed by atoms with Gasteiger partial charge in [-0.05, 0) is 50.6 Å². The van der Waals surface area contributed by atoms with Gasteiger partial charge < -0.3 is 14.7 Å². The Morgan fingerprint density at radius 1 is 1.29 bits per heavy atom. The fourth-order valence-electron chi connectivity index (χ4n) is 4.20. The quantitative estimate of drug-likeness (QED) is 0.415. The molecule has 0 aliphatic carbocycles. The van der Waals surface area contributed by atoms with Crippen LogP contribution in [0.1, 0.15) is 38.3 Å². The number of rotatable bonds is 4. The van der Waals surface area contributed by atoms with Gasteiger partial charge in [0.1, 0.15) is 5.75 Å². The van der Waals surface area contributed by atoms with Crippen LogP contribution in [0.15, 0.2) is 61.2 Å². The molecule has 2 aliphatic rings. The Kier molecular flexibility index (Phi) is 5.88. The van der Waals surface area contributed by atoms with Crippen LogP contribution in [-0.4, -0.2) is 28.3 Å². The summed E-state index contributed by atoms with van der Waals surface area (Å²) in [6, 6.07) is 12.4. The van der Waals surface area contributed by atoms with Crippen molar-refractivity contribution in [2.24, 2.45) is 0 Å². The Morgan fingerprint density at radius 2 is 1.97 bits per heavy atom. The van der Waals surface area contributed by atoms with Gasteiger partial charge in [0, 0.05) is 29.9 Å². The number of anilines is 1. The third kappa shape index (κ3) is 3.67. The van der Waals surface area contributed by atoms with Crippen LogP contribution >= 0.6 is 0 Å². The summed E-state index contributed by atoms with van der Waals surface area (Å²) in [6.07, 6.45) is 5.44. The van der Waals surface area contributed by atoms with E-state index in [2.05, 4.69) is 20.4 Å². The Bertz CT molecular complexity index is 1060. The van der Waals surface area contributed by atoms with Crippen LogP contribution in [0.3, 0.4) is 0 Å². The van der Waals surface area contributed by atoms with Crippen molar-refractivity contribution < 1.29 is 19.6 Å². The number of fused-ring (bicyclic) bond motifs is 2. The van der Waals surface area contributed by atoms with E-state index >= 15 is 0 Å². The minimum atomic E-state index is -0.921. The minimum absolute atomic E-state index is 0.000323. The van der Waals surface area contributed by atoms with Gasteiger partial charge in [-0.25, -0.2) is 0 Å². The molecule has 0 fully saturated rings. The highest BCUT2D eigenvalue weighted by Crippen LogP contribution is 2.55. The van der Waals surface area contributed by atoms with Gasteiger partial charge in [-0.1, -0.05) is 24.3 Å². The Morgan fingerprint density at radius 3 is 2.61 bits per heavy atom. The third-order valence-corrected chi connectivity index (χ3v) is 5.67. The predicted octanol–water partition coefficient (Wildman–Crippen LogP) is 5.16. The fourth-order valence-corrected chi connectivity index (χ4v) is 4.20. The van der Waals surface area contributed by atoms with E-state index in [0.717, 1.165) is 11.3 Å². The van der Waals surface area contributed by atoms with Crippen LogP contribution in [0.25, 0.3) is 6.08 Å². The molecule has 1 atom stereocenters. The maximum absolute atomic E-state index is 11.3. The van der Waals surface area contributed by atoms with Gasteiger partial charge in [0.2, 0.25) is 5.72 Å². The molecule has 4 rings (SSSR count).